The lowest BCUT2D eigenvalue weighted by molar-refractivity contribution is -0.149. The molecule has 1 rings (SSSR count). The first-order valence-electron chi connectivity index (χ1n) is 5.44. The summed E-state index contributed by atoms with van der Waals surface area (Å²) >= 11 is 1.50. The van der Waals surface area contributed by atoms with Crippen molar-refractivity contribution in [1.82, 2.24) is 15.2 Å². The van der Waals surface area contributed by atoms with Gasteiger partial charge in [0.15, 0.2) is 5.16 Å². The molecule has 1 heterocycles. The number of nitrogens with one attached hydrogen (secondary N) is 1. The van der Waals surface area contributed by atoms with Crippen molar-refractivity contribution in [2.24, 2.45) is 5.73 Å². The molecule has 0 aromatic carbocycles. The Hall–Kier alpha value is -1.08. The maximum Gasteiger partial charge on any atom is 0.325 e. The van der Waals surface area contributed by atoms with Crippen LogP contribution in [0.1, 0.15) is 27.2 Å². The molecule has 0 saturated carbocycles. The Kier molecular flexibility index (Phi) is 4.95. The molecule has 0 spiro atoms. The number of aromatic amines is 1. The highest BCUT2D eigenvalue weighted by Gasteiger charge is 2.32. The molecule has 0 amide bonds. The molecule has 6 nitrogen and oxygen atoms in total. The van der Waals surface area contributed by atoms with E-state index in [2.05, 4.69) is 15.2 Å². The Bertz CT molecular complexity index is 353. The van der Waals surface area contributed by atoms with Crippen LogP contribution in [-0.2, 0) is 9.53 Å². The third-order valence-corrected chi connectivity index (χ3v) is 3.15. The first kappa shape index (κ1) is 14.0. The van der Waals surface area contributed by atoms with Crippen molar-refractivity contribution in [1.29, 1.82) is 0 Å². The largest absolute Gasteiger partial charge is 0.465 e. The van der Waals surface area contributed by atoms with E-state index in [9.17, 15) is 4.79 Å². The number of aromatic nitrogens is 3. The standard InChI is InChI=1S/C10H18N4O2S/c1-4-16-8(15)10(3,11)5-7(2)17-9-12-6-13-14-9/h6-7H,4-5,11H2,1-3H3,(H,12,13,14). The van der Waals surface area contributed by atoms with Gasteiger partial charge in [0.25, 0.3) is 0 Å². The summed E-state index contributed by atoms with van der Waals surface area (Å²) in [6.07, 6.45) is 1.96. The molecule has 0 aliphatic carbocycles. The van der Waals surface area contributed by atoms with Gasteiger partial charge in [0, 0.05) is 5.25 Å². The van der Waals surface area contributed by atoms with Gasteiger partial charge in [-0.25, -0.2) is 4.98 Å². The van der Waals surface area contributed by atoms with Crippen LogP contribution >= 0.6 is 11.8 Å². The number of carbonyl (C=O) groups excluding carboxylic acids is 1. The Labute approximate surface area is 105 Å². The third-order valence-electron chi connectivity index (χ3n) is 2.16. The minimum Gasteiger partial charge on any atom is -0.465 e. The Morgan fingerprint density at radius 1 is 1.76 bits per heavy atom. The minimum atomic E-state index is -0.970. The summed E-state index contributed by atoms with van der Waals surface area (Å²) in [4.78, 5) is 15.6. The Balaban J connectivity index is 2.49. The number of nitrogens with zero attached hydrogens (tertiary/aromatic N) is 2. The summed E-state index contributed by atoms with van der Waals surface area (Å²) in [7, 11) is 0. The van der Waals surface area contributed by atoms with E-state index in [1.165, 1.54) is 18.1 Å². The number of esters is 1. The summed E-state index contributed by atoms with van der Waals surface area (Å²) < 4.78 is 4.93. The van der Waals surface area contributed by atoms with Crippen molar-refractivity contribution < 1.29 is 9.53 Å². The van der Waals surface area contributed by atoms with Crippen molar-refractivity contribution in [2.45, 2.75) is 43.1 Å². The van der Waals surface area contributed by atoms with Gasteiger partial charge in [0.1, 0.15) is 11.9 Å². The van der Waals surface area contributed by atoms with Gasteiger partial charge < -0.3 is 10.5 Å². The third kappa shape index (κ3) is 4.35. The monoisotopic (exact) mass is 258 g/mol. The fraction of sp³-hybridized carbons (Fsp3) is 0.700. The summed E-state index contributed by atoms with van der Waals surface area (Å²) in [5.41, 5.74) is 4.97. The molecule has 0 radical (unpaired) electrons. The Morgan fingerprint density at radius 3 is 3.00 bits per heavy atom. The van der Waals surface area contributed by atoms with E-state index in [0.717, 1.165) is 5.16 Å². The number of thioether (sulfide) groups is 1. The average Bonchev–Trinajstić information content (AvgIpc) is 2.69. The average molecular weight is 258 g/mol. The van der Waals surface area contributed by atoms with Crippen molar-refractivity contribution in [3.8, 4) is 0 Å². The van der Waals surface area contributed by atoms with Gasteiger partial charge in [-0.1, -0.05) is 18.7 Å². The zero-order valence-electron chi connectivity index (χ0n) is 10.3. The minimum absolute atomic E-state index is 0.141. The molecule has 0 aliphatic rings. The summed E-state index contributed by atoms with van der Waals surface area (Å²) in [6, 6.07) is 0. The van der Waals surface area contributed by atoms with Gasteiger partial charge in [0.05, 0.1) is 6.61 Å². The fourth-order valence-corrected chi connectivity index (χ4v) is 2.48. The van der Waals surface area contributed by atoms with Crippen molar-refractivity contribution in [3.63, 3.8) is 0 Å². The second-order valence-electron chi connectivity index (χ2n) is 4.06. The molecular formula is C10H18N4O2S. The van der Waals surface area contributed by atoms with Crippen LogP contribution < -0.4 is 5.73 Å². The summed E-state index contributed by atoms with van der Waals surface area (Å²) in [6.45, 7) is 5.77. The van der Waals surface area contributed by atoms with E-state index in [4.69, 9.17) is 10.5 Å². The van der Waals surface area contributed by atoms with Crippen LogP contribution in [0.4, 0.5) is 0 Å². The lowest BCUT2D eigenvalue weighted by atomic mass is 9.98. The van der Waals surface area contributed by atoms with Crippen LogP contribution in [0.5, 0.6) is 0 Å². The van der Waals surface area contributed by atoms with Crippen LogP contribution in [0.2, 0.25) is 0 Å². The van der Waals surface area contributed by atoms with Crippen molar-refractivity contribution in [3.05, 3.63) is 6.33 Å². The predicted octanol–water partition coefficient (Wildman–Crippen LogP) is 0.956. The van der Waals surface area contributed by atoms with Gasteiger partial charge in [-0.05, 0) is 20.3 Å². The lowest BCUT2D eigenvalue weighted by Crippen LogP contribution is -2.47. The molecule has 0 fully saturated rings. The van der Waals surface area contributed by atoms with Gasteiger partial charge in [-0.2, -0.15) is 5.10 Å². The number of H-pyrrole nitrogens is 1. The maximum atomic E-state index is 11.6. The number of ether oxygens (including phenoxy) is 1. The molecule has 2 unspecified atom stereocenters. The molecule has 96 valence electrons. The van der Waals surface area contributed by atoms with Crippen LogP contribution in [0.15, 0.2) is 11.5 Å². The van der Waals surface area contributed by atoms with E-state index in [-0.39, 0.29) is 11.2 Å². The van der Waals surface area contributed by atoms with Crippen LogP contribution in [0.25, 0.3) is 0 Å². The SMILES string of the molecule is CCOC(=O)C(C)(N)CC(C)Sc1ncn[nH]1. The zero-order valence-corrected chi connectivity index (χ0v) is 11.1. The zero-order chi connectivity index (χ0) is 12.9. The van der Waals surface area contributed by atoms with E-state index < -0.39 is 5.54 Å². The second-order valence-corrected chi connectivity index (χ2v) is 5.49. The first-order chi connectivity index (χ1) is 7.95. The molecule has 7 heteroatoms. The van der Waals surface area contributed by atoms with E-state index in [1.54, 1.807) is 13.8 Å². The van der Waals surface area contributed by atoms with Gasteiger partial charge in [0.2, 0.25) is 0 Å². The molecule has 1 aromatic heterocycles. The quantitative estimate of drug-likeness (QED) is 0.583. The van der Waals surface area contributed by atoms with E-state index in [0.29, 0.717) is 13.0 Å². The Morgan fingerprint density at radius 2 is 2.47 bits per heavy atom. The maximum absolute atomic E-state index is 11.6. The highest BCUT2D eigenvalue weighted by Crippen LogP contribution is 2.25. The molecule has 17 heavy (non-hydrogen) atoms. The number of rotatable bonds is 6. The van der Waals surface area contributed by atoms with Gasteiger partial charge >= 0.3 is 5.97 Å². The molecule has 3 N–H and O–H groups in total. The fourth-order valence-electron chi connectivity index (χ4n) is 1.46. The number of carbonyl (C=O) groups is 1. The smallest absolute Gasteiger partial charge is 0.325 e. The topological polar surface area (TPSA) is 93.9 Å². The number of hydrogen-bond donors (Lipinski definition) is 2. The normalized spacial score (nSPS) is 16.2. The van der Waals surface area contributed by atoms with Crippen molar-refractivity contribution in [2.75, 3.05) is 6.61 Å². The van der Waals surface area contributed by atoms with Crippen molar-refractivity contribution >= 4 is 17.7 Å². The van der Waals surface area contributed by atoms with Crippen LogP contribution in [0.3, 0.4) is 0 Å². The highest BCUT2D eigenvalue weighted by molar-refractivity contribution is 7.99. The molecule has 0 saturated heterocycles. The summed E-state index contributed by atoms with van der Waals surface area (Å²) in [5.74, 6) is -0.370. The van der Waals surface area contributed by atoms with Crippen LogP contribution in [0, 0.1) is 0 Å². The molecule has 2 atom stereocenters. The van der Waals surface area contributed by atoms with E-state index in [1.807, 2.05) is 6.92 Å². The molecule has 0 aliphatic heterocycles. The first-order valence-corrected chi connectivity index (χ1v) is 6.31. The lowest BCUT2D eigenvalue weighted by Gasteiger charge is -2.24. The van der Waals surface area contributed by atoms with E-state index >= 15 is 0 Å². The highest BCUT2D eigenvalue weighted by atomic mass is 32.2. The molecule has 1 aromatic rings. The van der Waals surface area contributed by atoms with Crippen LogP contribution in [-0.4, -0.2) is 38.5 Å². The van der Waals surface area contributed by atoms with Gasteiger partial charge in [-0.15, -0.1) is 0 Å². The summed E-state index contributed by atoms with van der Waals surface area (Å²) in [5, 5.41) is 7.37. The number of nitrogens with two attached hydrogens (primary N) is 1. The van der Waals surface area contributed by atoms with Gasteiger partial charge in [-0.3, -0.25) is 9.89 Å². The second kappa shape index (κ2) is 6.02. The predicted molar refractivity (Wildman–Crippen MR) is 65.5 cm³/mol. The molecular weight excluding hydrogens is 240 g/mol. The number of hydrogen-bond acceptors (Lipinski definition) is 6. The molecule has 0 bridgehead atoms.